The van der Waals surface area contributed by atoms with Gasteiger partial charge in [-0.2, -0.15) is 0 Å². The second kappa shape index (κ2) is 17.4. The van der Waals surface area contributed by atoms with E-state index in [9.17, 15) is 4.79 Å². The van der Waals surface area contributed by atoms with Crippen molar-refractivity contribution in [2.24, 2.45) is 0 Å². The summed E-state index contributed by atoms with van der Waals surface area (Å²) < 4.78 is 40.6. The number of nitrogen functional groups attached to an aromatic ring is 1. The molecule has 1 amide bonds. The molecule has 0 aliphatic carbocycles. The van der Waals surface area contributed by atoms with Crippen LogP contribution < -0.4 is 25.8 Å². The SMILES string of the molecule is CN1CCN(Cc2ccc(N)nc2)CC1.COc1cc(OC)c(F)c(-c2ccc(C(=O)Nc3ccc(CN4CCNCC4)cn3)c3nccnc23)c1F. The van der Waals surface area contributed by atoms with Gasteiger partial charge in [-0.25, -0.2) is 18.7 Å². The molecule has 7 rings (SSSR count). The fraction of sp³-hybridized carbons (Fsp3) is 0.342. The van der Waals surface area contributed by atoms with Gasteiger partial charge < -0.3 is 30.7 Å². The van der Waals surface area contributed by atoms with E-state index in [0.717, 1.165) is 77.1 Å². The van der Waals surface area contributed by atoms with Crippen molar-refractivity contribution in [3.63, 3.8) is 0 Å². The molecule has 278 valence electrons. The van der Waals surface area contributed by atoms with Crippen LogP contribution in [0.3, 0.4) is 0 Å². The summed E-state index contributed by atoms with van der Waals surface area (Å²) in [5.74, 6) is -1.73. The number of amides is 1. The molecule has 2 aliphatic rings. The molecule has 0 saturated carbocycles. The van der Waals surface area contributed by atoms with E-state index in [0.29, 0.717) is 11.6 Å². The molecule has 0 radical (unpaired) electrons. The lowest BCUT2D eigenvalue weighted by atomic mass is 9.98. The first kappa shape index (κ1) is 37.4. The van der Waals surface area contributed by atoms with Crippen LogP contribution in [0.4, 0.5) is 20.4 Å². The third-order valence-corrected chi connectivity index (χ3v) is 9.24. The Bertz CT molecular complexity index is 1980. The Hall–Kier alpha value is -5.35. The Labute approximate surface area is 307 Å². The minimum atomic E-state index is -0.917. The normalized spacial score (nSPS) is 15.4. The average molecular weight is 727 g/mol. The number of pyridine rings is 2. The topological polar surface area (TPSA) is 147 Å². The molecule has 15 heteroatoms. The molecule has 13 nitrogen and oxygen atoms in total. The Morgan fingerprint density at radius 3 is 1.98 bits per heavy atom. The smallest absolute Gasteiger partial charge is 0.259 e. The van der Waals surface area contributed by atoms with Crippen molar-refractivity contribution in [3.8, 4) is 22.6 Å². The molecule has 0 spiro atoms. The number of aromatic nitrogens is 4. The van der Waals surface area contributed by atoms with Crippen LogP contribution in [0.2, 0.25) is 0 Å². The molecule has 5 heterocycles. The molecule has 3 aromatic heterocycles. The molecule has 0 unspecified atom stereocenters. The lowest BCUT2D eigenvalue weighted by Crippen LogP contribution is -2.43. The van der Waals surface area contributed by atoms with Crippen LogP contribution in [-0.4, -0.2) is 114 Å². The first-order valence-electron chi connectivity index (χ1n) is 17.4. The predicted octanol–water partition coefficient (Wildman–Crippen LogP) is 4.06. The van der Waals surface area contributed by atoms with Crippen LogP contribution in [0.15, 0.2) is 67.3 Å². The Morgan fingerprint density at radius 2 is 1.40 bits per heavy atom. The minimum absolute atomic E-state index is 0.104. The van der Waals surface area contributed by atoms with E-state index in [-0.39, 0.29) is 39.2 Å². The van der Waals surface area contributed by atoms with Crippen molar-refractivity contribution in [1.82, 2.24) is 40.0 Å². The highest BCUT2D eigenvalue weighted by Crippen LogP contribution is 2.40. The second-order valence-electron chi connectivity index (χ2n) is 12.9. The van der Waals surface area contributed by atoms with Gasteiger partial charge in [-0.3, -0.25) is 24.6 Å². The summed E-state index contributed by atoms with van der Waals surface area (Å²) >= 11 is 0. The van der Waals surface area contributed by atoms with E-state index in [1.807, 2.05) is 18.3 Å². The molecular formula is C38H44F2N10O3. The number of nitrogens with zero attached hydrogens (tertiary/aromatic N) is 7. The number of benzene rings is 2. The first-order chi connectivity index (χ1) is 25.7. The van der Waals surface area contributed by atoms with Crippen LogP contribution in [-0.2, 0) is 13.1 Å². The Morgan fingerprint density at radius 1 is 0.792 bits per heavy atom. The molecular weight excluding hydrogens is 682 g/mol. The molecule has 2 aliphatic heterocycles. The van der Waals surface area contributed by atoms with Crippen molar-refractivity contribution in [2.75, 3.05) is 84.7 Å². The number of halogens is 2. The monoisotopic (exact) mass is 726 g/mol. The lowest BCUT2D eigenvalue weighted by molar-refractivity contribution is 0.102. The fourth-order valence-electron chi connectivity index (χ4n) is 6.26. The van der Waals surface area contributed by atoms with Crippen molar-refractivity contribution in [3.05, 3.63) is 95.6 Å². The molecule has 2 fully saturated rings. The number of nitrogens with two attached hydrogens (primary N) is 1. The summed E-state index contributed by atoms with van der Waals surface area (Å²) in [5, 5.41) is 6.10. The van der Waals surface area contributed by atoms with Crippen molar-refractivity contribution < 1.29 is 23.0 Å². The molecule has 0 bridgehead atoms. The highest BCUT2D eigenvalue weighted by atomic mass is 19.1. The average Bonchev–Trinajstić information content (AvgIpc) is 3.18. The van der Waals surface area contributed by atoms with Crippen LogP contribution in [0.25, 0.3) is 22.2 Å². The number of rotatable bonds is 9. The maximum absolute atomic E-state index is 15.2. The van der Waals surface area contributed by atoms with Gasteiger partial charge in [-0.05, 0) is 36.4 Å². The molecule has 5 aromatic rings. The number of nitrogens with one attached hydrogen (secondary N) is 2. The summed E-state index contributed by atoms with van der Waals surface area (Å²) in [6.45, 7) is 10.2. The van der Waals surface area contributed by atoms with E-state index in [1.165, 1.54) is 44.3 Å². The fourth-order valence-corrected chi connectivity index (χ4v) is 6.26. The lowest BCUT2D eigenvalue weighted by Gasteiger charge is -2.32. The van der Waals surface area contributed by atoms with E-state index in [1.54, 1.807) is 12.3 Å². The number of hydrogen-bond donors (Lipinski definition) is 3. The number of likely N-dealkylation sites (N-methyl/N-ethyl adjacent to an activating group) is 1. The third-order valence-electron chi connectivity index (χ3n) is 9.24. The number of piperazine rings is 2. The van der Waals surface area contributed by atoms with Crippen LogP contribution in [0.5, 0.6) is 11.5 Å². The largest absolute Gasteiger partial charge is 0.494 e. The number of carbonyl (C=O) groups excluding carboxylic acids is 1. The Balaban J connectivity index is 0.000000267. The summed E-state index contributed by atoms with van der Waals surface area (Å²) in [7, 11) is 4.72. The van der Waals surface area contributed by atoms with Crippen molar-refractivity contribution in [2.45, 2.75) is 13.1 Å². The highest BCUT2D eigenvalue weighted by molar-refractivity contribution is 6.13. The second-order valence-corrected chi connectivity index (χ2v) is 12.9. The zero-order valence-corrected chi connectivity index (χ0v) is 30.1. The van der Waals surface area contributed by atoms with Gasteiger partial charge in [-0.1, -0.05) is 18.2 Å². The third kappa shape index (κ3) is 9.18. The van der Waals surface area contributed by atoms with Gasteiger partial charge in [0.15, 0.2) is 23.1 Å². The summed E-state index contributed by atoms with van der Waals surface area (Å²) in [6, 6.07) is 11.6. The number of hydrogen-bond acceptors (Lipinski definition) is 12. The van der Waals surface area contributed by atoms with Gasteiger partial charge in [-0.15, -0.1) is 0 Å². The van der Waals surface area contributed by atoms with E-state index in [4.69, 9.17) is 15.2 Å². The van der Waals surface area contributed by atoms with Crippen LogP contribution in [0.1, 0.15) is 21.5 Å². The molecule has 4 N–H and O–H groups in total. The van der Waals surface area contributed by atoms with Crippen molar-refractivity contribution in [1.29, 1.82) is 0 Å². The van der Waals surface area contributed by atoms with Gasteiger partial charge in [0.2, 0.25) is 0 Å². The number of fused-ring (bicyclic) bond motifs is 1. The summed E-state index contributed by atoms with van der Waals surface area (Å²) in [6.07, 6.45) is 6.40. The van der Waals surface area contributed by atoms with Gasteiger partial charge >= 0.3 is 0 Å². The molecule has 2 aromatic carbocycles. The van der Waals surface area contributed by atoms with Crippen molar-refractivity contribution >= 4 is 28.6 Å². The molecule has 2 saturated heterocycles. The summed E-state index contributed by atoms with van der Waals surface area (Å²) in [4.78, 5) is 37.4. The number of anilines is 2. The number of methoxy groups -OCH3 is 2. The van der Waals surface area contributed by atoms with Gasteiger partial charge in [0.25, 0.3) is 5.91 Å². The van der Waals surface area contributed by atoms with E-state index < -0.39 is 17.5 Å². The predicted molar refractivity (Wildman–Crippen MR) is 200 cm³/mol. The first-order valence-corrected chi connectivity index (χ1v) is 17.4. The van der Waals surface area contributed by atoms with Gasteiger partial charge in [0, 0.05) is 102 Å². The molecule has 0 atom stereocenters. The van der Waals surface area contributed by atoms with E-state index in [2.05, 4.69) is 58.4 Å². The summed E-state index contributed by atoms with van der Waals surface area (Å²) in [5.41, 5.74) is 8.06. The van der Waals surface area contributed by atoms with E-state index >= 15 is 8.78 Å². The van der Waals surface area contributed by atoms with Crippen LogP contribution in [0, 0.1) is 11.6 Å². The molecule has 53 heavy (non-hydrogen) atoms. The minimum Gasteiger partial charge on any atom is -0.494 e. The number of ether oxygens (including phenoxy) is 2. The maximum Gasteiger partial charge on any atom is 0.259 e. The zero-order chi connectivity index (χ0) is 37.3. The Kier molecular flexibility index (Phi) is 12.3. The maximum atomic E-state index is 15.2. The van der Waals surface area contributed by atoms with Crippen LogP contribution >= 0.6 is 0 Å². The zero-order valence-electron chi connectivity index (χ0n) is 30.1. The quantitative estimate of drug-likeness (QED) is 0.201. The standard InChI is InChI=1S/C27H26F2N6O3.C11H18N4/c1-37-19-13-20(38-2)24(29)22(23(19)28)17-4-5-18(26-25(17)31-7-8-32-26)27(36)34-21-6-3-16(14-33-21)15-35-11-9-30-10-12-35;1-14-4-6-15(7-5-14)9-10-2-3-11(12)13-8-10/h3-8,13-14,30H,9-12,15H2,1-2H3,(H,33,34,36);2-3,8H,4-7,9H2,1H3,(H2,12,13). The van der Waals surface area contributed by atoms with Gasteiger partial charge in [0.05, 0.1) is 30.9 Å². The highest BCUT2D eigenvalue weighted by Gasteiger charge is 2.25. The number of carbonyl (C=O) groups is 1. The van der Waals surface area contributed by atoms with Gasteiger partial charge in [0.1, 0.15) is 17.2 Å².